The zero-order chi connectivity index (χ0) is 15.5. The predicted octanol–water partition coefficient (Wildman–Crippen LogP) is 2.23. The summed E-state index contributed by atoms with van der Waals surface area (Å²) < 4.78 is 12.9. The highest BCUT2D eigenvalue weighted by atomic mass is 16.5. The minimum atomic E-state index is -0.194. The highest BCUT2D eigenvalue weighted by Crippen LogP contribution is 2.35. The van der Waals surface area contributed by atoms with Gasteiger partial charge in [0.1, 0.15) is 6.61 Å². The Morgan fingerprint density at radius 1 is 1.50 bits per heavy atom. The van der Waals surface area contributed by atoms with Crippen LogP contribution in [0.5, 0.6) is 11.5 Å². The summed E-state index contributed by atoms with van der Waals surface area (Å²) in [7, 11) is 1.80. The Hall–Kier alpha value is -2.76. The molecule has 0 spiro atoms. The van der Waals surface area contributed by atoms with Gasteiger partial charge in [-0.3, -0.25) is 9.48 Å². The maximum atomic E-state index is 12.3. The average Bonchev–Trinajstić information content (AvgIpc) is 2.92. The van der Waals surface area contributed by atoms with Crippen LogP contribution in [0, 0.1) is 0 Å². The third-order valence-corrected chi connectivity index (χ3v) is 3.27. The van der Waals surface area contributed by atoms with Crippen molar-refractivity contribution in [3.05, 3.63) is 41.7 Å². The molecule has 1 aromatic carbocycles. The lowest BCUT2D eigenvalue weighted by atomic mass is 10.1. The molecule has 0 saturated carbocycles. The van der Waals surface area contributed by atoms with Crippen molar-refractivity contribution < 1.29 is 14.3 Å². The lowest BCUT2D eigenvalue weighted by Gasteiger charge is -2.20. The van der Waals surface area contributed by atoms with E-state index >= 15 is 0 Å². The van der Waals surface area contributed by atoms with Crippen LogP contribution in [0.2, 0.25) is 0 Å². The van der Waals surface area contributed by atoms with Crippen LogP contribution in [0.4, 0.5) is 5.69 Å². The zero-order valence-electron chi connectivity index (χ0n) is 12.5. The standard InChI is InChI=1S/C16H17N3O3/c1-3-21-14-6-4-5-11-7-12(10-22-15(11)14)16(20)18-13-8-17-19(2)9-13/h4-9H,3,10H2,1-2H3,(H,18,20). The first-order valence-electron chi connectivity index (χ1n) is 7.06. The van der Waals surface area contributed by atoms with Gasteiger partial charge in [-0.05, 0) is 19.1 Å². The second-order valence-electron chi connectivity index (χ2n) is 4.92. The van der Waals surface area contributed by atoms with Gasteiger partial charge in [-0.1, -0.05) is 12.1 Å². The number of rotatable bonds is 4. The summed E-state index contributed by atoms with van der Waals surface area (Å²) in [6, 6.07) is 5.64. The smallest absolute Gasteiger partial charge is 0.255 e. The number of hydrogen-bond donors (Lipinski definition) is 1. The number of para-hydroxylation sites is 1. The van der Waals surface area contributed by atoms with E-state index < -0.39 is 0 Å². The number of hydrogen-bond acceptors (Lipinski definition) is 4. The Balaban J connectivity index is 1.81. The molecule has 0 fully saturated rings. The fourth-order valence-corrected chi connectivity index (χ4v) is 2.28. The molecule has 6 heteroatoms. The molecule has 1 amide bonds. The summed E-state index contributed by atoms with van der Waals surface area (Å²) in [5.41, 5.74) is 2.06. The first-order chi connectivity index (χ1) is 10.7. The molecule has 0 saturated heterocycles. The SMILES string of the molecule is CCOc1cccc2c1OCC(C(=O)Nc1cnn(C)c1)=C2. The average molecular weight is 299 g/mol. The second kappa shape index (κ2) is 5.93. The number of fused-ring (bicyclic) bond motifs is 1. The maximum absolute atomic E-state index is 12.3. The predicted molar refractivity (Wildman–Crippen MR) is 82.9 cm³/mol. The van der Waals surface area contributed by atoms with E-state index in [1.54, 1.807) is 24.1 Å². The third-order valence-electron chi connectivity index (χ3n) is 3.27. The van der Waals surface area contributed by atoms with E-state index in [0.717, 1.165) is 5.56 Å². The molecule has 1 aliphatic heterocycles. The second-order valence-corrected chi connectivity index (χ2v) is 4.92. The van der Waals surface area contributed by atoms with E-state index in [0.29, 0.717) is 29.4 Å². The number of benzene rings is 1. The van der Waals surface area contributed by atoms with Crippen LogP contribution in [0.15, 0.2) is 36.2 Å². The van der Waals surface area contributed by atoms with Crippen LogP contribution in [0.25, 0.3) is 6.08 Å². The maximum Gasteiger partial charge on any atom is 0.255 e. The van der Waals surface area contributed by atoms with Crippen molar-refractivity contribution in [3.63, 3.8) is 0 Å². The largest absolute Gasteiger partial charge is 0.490 e. The third kappa shape index (κ3) is 2.81. The summed E-state index contributed by atoms with van der Waals surface area (Å²) >= 11 is 0. The molecule has 114 valence electrons. The summed E-state index contributed by atoms with van der Waals surface area (Å²) in [4.78, 5) is 12.3. The van der Waals surface area contributed by atoms with Gasteiger partial charge < -0.3 is 14.8 Å². The molecule has 0 atom stereocenters. The van der Waals surface area contributed by atoms with Gasteiger partial charge >= 0.3 is 0 Å². The molecule has 1 aromatic heterocycles. The lowest BCUT2D eigenvalue weighted by molar-refractivity contribution is -0.113. The Bertz CT molecular complexity index is 734. The summed E-state index contributed by atoms with van der Waals surface area (Å²) in [6.45, 7) is 2.70. The quantitative estimate of drug-likeness (QED) is 0.940. The molecule has 1 aliphatic rings. The minimum Gasteiger partial charge on any atom is -0.490 e. The van der Waals surface area contributed by atoms with Gasteiger partial charge in [0.05, 0.1) is 24.1 Å². The highest BCUT2D eigenvalue weighted by Gasteiger charge is 2.20. The Labute approximate surface area is 128 Å². The van der Waals surface area contributed by atoms with Gasteiger partial charge in [0.25, 0.3) is 5.91 Å². The van der Waals surface area contributed by atoms with E-state index in [4.69, 9.17) is 9.47 Å². The van der Waals surface area contributed by atoms with E-state index in [1.807, 2.05) is 31.2 Å². The molecular formula is C16H17N3O3. The number of anilines is 1. The number of amides is 1. The van der Waals surface area contributed by atoms with Crippen LogP contribution >= 0.6 is 0 Å². The Morgan fingerprint density at radius 2 is 2.36 bits per heavy atom. The number of carbonyl (C=O) groups excluding carboxylic acids is 1. The van der Waals surface area contributed by atoms with Crippen LogP contribution < -0.4 is 14.8 Å². The lowest BCUT2D eigenvalue weighted by Crippen LogP contribution is -2.21. The van der Waals surface area contributed by atoms with Crippen LogP contribution in [0.3, 0.4) is 0 Å². The molecule has 1 N–H and O–H groups in total. The zero-order valence-corrected chi connectivity index (χ0v) is 12.5. The topological polar surface area (TPSA) is 65.4 Å². The summed E-state index contributed by atoms with van der Waals surface area (Å²) in [5, 5.41) is 6.82. The first-order valence-corrected chi connectivity index (χ1v) is 7.06. The number of nitrogens with zero attached hydrogens (tertiary/aromatic N) is 2. The summed E-state index contributed by atoms with van der Waals surface area (Å²) in [6.07, 6.45) is 5.17. The molecule has 2 aromatic rings. The molecular weight excluding hydrogens is 282 g/mol. The summed E-state index contributed by atoms with van der Waals surface area (Å²) in [5.74, 6) is 1.19. The van der Waals surface area contributed by atoms with Crippen molar-refractivity contribution in [1.29, 1.82) is 0 Å². The van der Waals surface area contributed by atoms with Crippen LogP contribution in [-0.4, -0.2) is 28.9 Å². The van der Waals surface area contributed by atoms with Gasteiger partial charge in [-0.15, -0.1) is 0 Å². The molecule has 0 unspecified atom stereocenters. The number of aryl methyl sites for hydroxylation is 1. The van der Waals surface area contributed by atoms with Crippen LogP contribution in [0.1, 0.15) is 12.5 Å². The van der Waals surface area contributed by atoms with E-state index in [1.165, 1.54) is 0 Å². The number of nitrogens with one attached hydrogen (secondary N) is 1. The fraction of sp³-hybridized carbons (Fsp3) is 0.250. The van der Waals surface area contributed by atoms with Crippen LogP contribution in [-0.2, 0) is 11.8 Å². The normalized spacial score (nSPS) is 12.9. The molecule has 22 heavy (non-hydrogen) atoms. The van der Waals surface area contributed by atoms with Gasteiger partial charge in [-0.2, -0.15) is 5.10 Å². The monoisotopic (exact) mass is 299 g/mol. The fourth-order valence-electron chi connectivity index (χ4n) is 2.28. The number of aromatic nitrogens is 2. The van der Waals surface area contributed by atoms with Gasteiger partial charge in [-0.25, -0.2) is 0 Å². The Kier molecular flexibility index (Phi) is 3.82. The van der Waals surface area contributed by atoms with Gasteiger partial charge in [0.2, 0.25) is 0 Å². The van der Waals surface area contributed by atoms with E-state index in [-0.39, 0.29) is 12.5 Å². The van der Waals surface area contributed by atoms with Crippen molar-refractivity contribution >= 4 is 17.7 Å². The Morgan fingerprint density at radius 3 is 3.09 bits per heavy atom. The van der Waals surface area contributed by atoms with Crippen molar-refractivity contribution in [3.8, 4) is 11.5 Å². The van der Waals surface area contributed by atoms with Gasteiger partial charge in [0, 0.05) is 18.8 Å². The van der Waals surface area contributed by atoms with Crippen molar-refractivity contribution in [2.45, 2.75) is 6.92 Å². The van der Waals surface area contributed by atoms with Crippen molar-refractivity contribution in [1.82, 2.24) is 9.78 Å². The minimum absolute atomic E-state index is 0.194. The number of carbonyl (C=O) groups is 1. The van der Waals surface area contributed by atoms with Crippen molar-refractivity contribution in [2.75, 3.05) is 18.5 Å². The molecule has 6 nitrogen and oxygen atoms in total. The van der Waals surface area contributed by atoms with Gasteiger partial charge in [0.15, 0.2) is 11.5 Å². The highest BCUT2D eigenvalue weighted by molar-refractivity contribution is 6.07. The van der Waals surface area contributed by atoms with Crippen molar-refractivity contribution in [2.24, 2.45) is 7.05 Å². The molecule has 3 rings (SSSR count). The molecule has 2 heterocycles. The first kappa shape index (κ1) is 14.2. The molecule has 0 radical (unpaired) electrons. The molecule has 0 bridgehead atoms. The van der Waals surface area contributed by atoms with E-state index in [2.05, 4.69) is 10.4 Å². The number of ether oxygens (including phenoxy) is 2. The van der Waals surface area contributed by atoms with E-state index in [9.17, 15) is 4.79 Å². The molecule has 0 aliphatic carbocycles.